The van der Waals surface area contributed by atoms with Crippen LogP contribution in [0, 0.1) is 5.92 Å². The fourth-order valence-corrected chi connectivity index (χ4v) is 3.63. The van der Waals surface area contributed by atoms with Gasteiger partial charge in [-0.15, -0.1) is 5.10 Å². The second kappa shape index (κ2) is 6.09. The molecule has 1 aromatic rings. The van der Waals surface area contributed by atoms with Gasteiger partial charge in [0.15, 0.2) is 0 Å². The highest BCUT2D eigenvalue weighted by Gasteiger charge is 2.43. The van der Waals surface area contributed by atoms with Gasteiger partial charge in [-0.2, -0.15) is 0 Å². The Labute approximate surface area is 128 Å². The summed E-state index contributed by atoms with van der Waals surface area (Å²) in [7, 11) is 0. The molecule has 0 radical (unpaired) electrons. The van der Waals surface area contributed by atoms with E-state index in [1.54, 1.807) is 0 Å². The predicted octanol–water partition coefficient (Wildman–Crippen LogP) is 2.42. The van der Waals surface area contributed by atoms with Gasteiger partial charge < -0.3 is 10.4 Å². The van der Waals surface area contributed by atoms with Crippen LogP contribution in [0.25, 0.3) is 0 Å². The Balaban J connectivity index is 2.23. The second-order valence-corrected chi connectivity index (χ2v) is 6.94. The van der Waals surface area contributed by atoms with E-state index in [4.69, 9.17) is 0 Å². The van der Waals surface area contributed by atoms with Gasteiger partial charge in [-0.25, -0.2) is 4.79 Å². The van der Waals surface area contributed by atoms with Crippen LogP contribution in [0.3, 0.4) is 0 Å². The van der Waals surface area contributed by atoms with Crippen LogP contribution >= 0.6 is 11.5 Å². The Hall–Kier alpha value is -1.50. The monoisotopic (exact) mass is 311 g/mol. The Morgan fingerprint density at radius 1 is 1.48 bits per heavy atom. The standard InChI is InChI=1S/C14H21N3O3S/c1-8(2)10-11(21-17-16-10)12(18)15-14(13(19)20)6-4-5-9(3)7-14/h8-9H,4-7H2,1-3H3,(H,15,18)(H,19,20). The number of rotatable bonds is 4. The van der Waals surface area contributed by atoms with E-state index < -0.39 is 11.5 Å². The van der Waals surface area contributed by atoms with Gasteiger partial charge in [0.05, 0.1) is 5.69 Å². The minimum atomic E-state index is -1.16. The molecule has 1 aromatic heterocycles. The van der Waals surface area contributed by atoms with Gasteiger partial charge in [0, 0.05) is 0 Å². The lowest BCUT2D eigenvalue weighted by molar-refractivity contribution is -0.146. The van der Waals surface area contributed by atoms with E-state index in [9.17, 15) is 14.7 Å². The van der Waals surface area contributed by atoms with E-state index in [2.05, 4.69) is 14.9 Å². The van der Waals surface area contributed by atoms with Crippen molar-refractivity contribution in [2.75, 3.05) is 0 Å². The van der Waals surface area contributed by atoms with Gasteiger partial charge in [-0.3, -0.25) is 4.79 Å². The third-order valence-electron chi connectivity index (χ3n) is 4.03. The first-order valence-electron chi connectivity index (χ1n) is 7.24. The minimum absolute atomic E-state index is 0.0792. The molecule has 2 unspecified atom stereocenters. The Bertz CT molecular complexity index is 543. The van der Waals surface area contributed by atoms with Gasteiger partial charge in [0.1, 0.15) is 10.4 Å². The predicted molar refractivity (Wildman–Crippen MR) is 79.5 cm³/mol. The third-order valence-corrected chi connectivity index (χ3v) is 4.77. The zero-order chi connectivity index (χ0) is 15.6. The highest BCUT2D eigenvalue weighted by molar-refractivity contribution is 7.08. The Kier molecular flexibility index (Phi) is 4.61. The Morgan fingerprint density at radius 3 is 2.76 bits per heavy atom. The summed E-state index contributed by atoms with van der Waals surface area (Å²) < 4.78 is 3.82. The summed E-state index contributed by atoms with van der Waals surface area (Å²) in [4.78, 5) is 24.6. The molecule has 1 aliphatic rings. The molecular formula is C14H21N3O3S. The summed E-state index contributed by atoms with van der Waals surface area (Å²) in [5, 5.41) is 16.3. The highest BCUT2D eigenvalue weighted by Crippen LogP contribution is 2.33. The number of carboxylic acids is 1. The lowest BCUT2D eigenvalue weighted by Crippen LogP contribution is -2.56. The van der Waals surface area contributed by atoms with Crippen molar-refractivity contribution in [1.29, 1.82) is 0 Å². The van der Waals surface area contributed by atoms with Crippen LogP contribution < -0.4 is 5.32 Å². The molecule has 1 amide bonds. The van der Waals surface area contributed by atoms with Gasteiger partial charge >= 0.3 is 5.97 Å². The van der Waals surface area contributed by atoms with Gasteiger partial charge in [0.25, 0.3) is 5.91 Å². The van der Waals surface area contributed by atoms with Crippen molar-refractivity contribution in [3.8, 4) is 0 Å². The fourth-order valence-electron chi connectivity index (χ4n) is 2.92. The van der Waals surface area contributed by atoms with Gasteiger partial charge in [-0.05, 0) is 36.2 Å². The largest absolute Gasteiger partial charge is 0.480 e. The lowest BCUT2D eigenvalue weighted by Gasteiger charge is -2.36. The van der Waals surface area contributed by atoms with Crippen LogP contribution in [0.1, 0.15) is 67.7 Å². The number of aliphatic carboxylic acids is 1. The molecule has 0 saturated heterocycles. The molecule has 6 nitrogen and oxygen atoms in total. The van der Waals surface area contributed by atoms with Crippen LogP contribution in [-0.4, -0.2) is 32.1 Å². The van der Waals surface area contributed by atoms with Crippen molar-refractivity contribution in [3.05, 3.63) is 10.6 Å². The molecule has 2 rings (SSSR count). The quantitative estimate of drug-likeness (QED) is 0.891. The van der Waals surface area contributed by atoms with Crippen molar-refractivity contribution in [3.63, 3.8) is 0 Å². The summed E-state index contributed by atoms with van der Waals surface area (Å²) in [6.45, 7) is 5.89. The maximum Gasteiger partial charge on any atom is 0.329 e. The molecule has 1 aliphatic carbocycles. The first kappa shape index (κ1) is 15.9. The normalized spacial score (nSPS) is 25.8. The number of carboxylic acid groups (broad SMARTS) is 1. The van der Waals surface area contributed by atoms with Crippen LogP contribution in [-0.2, 0) is 4.79 Å². The lowest BCUT2D eigenvalue weighted by atomic mass is 9.76. The summed E-state index contributed by atoms with van der Waals surface area (Å²) in [6, 6.07) is 0. The smallest absolute Gasteiger partial charge is 0.329 e. The molecule has 2 atom stereocenters. The van der Waals surface area contributed by atoms with E-state index in [1.165, 1.54) is 0 Å². The molecule has 1 heterocycles. The number of amides is 1. The average molecular weight is 311 g/mol. The van der Waals surface area contributed by atoms with Crippen LogP contribution in [0.5, 0.6) is 0 Å². The number of aromatic nitrogens is 2. The number of nitrogens with zero attached hydrogens (tertiary/aromatic N) is 2. The molecule has 0 bridgehead atoms. The number of nitrogens with one attached hydrogen (secondary N) is 1. The van der Waals surface area contributed by atoms with Crippen LogP contribution in [0.15, 0.2) is 0 Å². The van der Waals surface area contributed by atoms with E-state index in [-0.39, 0.29) is 11.8 Å². The zero-order valence-corrected chi connectivity index (χ0v) is 13.4. The molecular weight excluding hydrogens is 290 g/mol. The van der Waals surface area contributed by atoms with E-state index in [1.807, 2.05) is 20.8 Å². The summed E-state index contributed by atoms with van der Waals surface area (Å²) in [5.41, 5.74) is -0.533. The maximum atomic E-state index is 12.5. The van der Waals surface area contributed by atoms with Crippen LogP contribution in [0.2, 0.25) is 0 Å². The molecule has 7 heteroatoms. The SMILES string of the molecule is CC1CCCC(NC(=O)c2snnc2C(C)C)(C(=O)O)C1. The zero-order valence-electron chi connectivity index (χ0n) is 12.5. The first-order valence-corrected chi connectivity index (χ1v) is 8.01. The molecule has 0 spiro atoms. The number of carbonyl (C=O) groups is 2. The molecule has 1 saturated carbocycles. The van der Waals surface area contributed by atoms with Crippen LogP contribution in [0.4, 0.5) is 0 Å². The first-order chi connectivity index (χ1) is 9.85. The third kappa shape index (κ3) is 3.23. The van der Waals surface area contributed by atoms with Crippen molar-refractivity contribution < 1.29 is 14.7 Å². The van der Waals surface area contributed by atoms with Crippen molar-refractivity contribution in [2.24, 2.45) is 5.92 Å². The highest BCUT2D eigenvalue weighted by atomic mass is 32.1. The molecule has 0 aromatic carbocycles. The summed E-state index contributed by atoms with van der Waals surface area (Å²) in [5.74, 6) is -0.953. The number of hydrogen-bond acceptors (Lipinski definition) is 5. The number of carbonyl (C=O) groups excluding carboxylic acids is 1. The Morgan fingerprint density at radius 2 is 2.19 bits per heavy atom. The maximum absolute atomic E-state index is 12.5. The van der Waals surface area contributed by atoms with Gasteiger partial charge in [-0.1, -0.05) is 38.1 Å². The molecule has 116 valence electrons. The van der Waals surface area contributed by atoms with Crippen molar-refractivity contribution in [2.45, 2.75) is 57.9 Å². The number of hydrogen-bond donors (Lipinski definition) is 2. The minimum Gasteiger partial charge on any atom is -0.480 e. The topological polar surface area (TPSA) is 92.2 Å². The summed E-state index contributed by atoms with van der Waals surface area (Å²) in [6.07, 6.45) is 2.76. The molecule has 21 heavy (non-hydrogen) atoms. The molecule has 2 N–H and O–H groups in total. The fraction of sp³-hybridized carbons (Fsp3) is 0.714. The van der Waals surface area contributed by atoms with E-state index in [0.29, 0.717) is 29.3 Å². The van der Waals surface area contributed by atoms with E-state index >= 15 is 0 Å². The average Bonchev–Trinajstić information content (AvgIpc) is 2.87. The van der Waals surface area contributed by atoms with Gasteiger partial charge in [0.2, 0.25) is 0 Å². The molecule has 1 fully saturated rings. The summed E-state index contributed by atoms with van der Waals surface area (Å²) >= 11 is 1.02. The van der Waals surface area contributed by atoms with E-state index in [0.717, 1.165) is 24.4 Å². The van der Waals surface area contributed by atoms with Crippen molar-refractivity contribution >= 4 is 23.4 Å². The second-order valence-electron chi connectivity index (χ2n) is 6.18. The molecule has 0 aliphatic heterocycles. The van der Waals surface area contributed by atoms with Crippen molar-refractivity contribution in [1.82, 2.24) is 14.9 Å².